The number of hydrogen-bond donors (Lipinski definition) is 1. The van der Waals surface area contributed by atoms with Crippen LogP contribution in [0.2, 0.25) is 0 Å². The number of aromatic nitrogens is 1. The topological polar surface area (TPSA) is 45.2 Å². The van der Waals surface area contributed by atoms with Crippen LogP contribution in [-0.4, -0.2) is 35.9 Å². The maximum Gasteiger partial charge on any atom is 0.253 e. The Morgan fingerprint density at radius 2 is 2.00 bits per heavy atom. The SMILES string of the molecule is CCCNc1cc(C(=O)N(C)CC(C)C)cc(CCC)n1. The van der Waals surface area contributed by atoms with E-state index in [1.54, 1.807) is 4.90 Å². The summed E-state index contributed by atoms with van der Waals surface area (Å²) in [4.78, 5) is 18.9. The molecule has 21 heavy (non-hydrogen) atoms. The van der Waals surface area contributed by atoms with E-state index in [1.165, 1.54) is 0 Å². The highest BCUT2D eigenvalue weighted by Crippen LogP contribution is 2.14. The van der Waals surface area contributed by atoms with Crippen molar-refractivity contribution in [2.24, 2.45) is 5.92 Å². The van der Waals surface area contributed by atoms with Gasteiger partial charge in [0.15, 0.2) is 0 Å². The maximum atomic E-state index is 12.5. The van der Waals surface area contributed by atoms with Crippen LogP contribution < -0.4 is 5.32 Å². The lowest BCUT2D eigenvalue weighted by atomic mass is 10.1. The van der Waals surface area contributed by atoms with E-state index in [0.29, 0.717) is 5.92 Å². The Morgan fingerprint density at radius 1 is 1.29 bits per heavy atom. The summed E-state index contributed by atoms with van der Waals surface area (Å²) < 4.78 is 0. The Kier molecular flexibility index (Phi) is 7.20. The minimum Gasteiger partial charge on any atom is -0.370 e. The Bertz CT molecular complexity index is 457. The van der Waals surface area contributed by atoms with Crippen molar-refractivity contribution in [3.63, 3.8) is 0 Å². The van der Waals surface area contributed by atoms with Crippen LogP contribution in [0.5, 0.6) is 0 Å². The monoisotopic (exact) mass is 291 g/mol. The fourth-order valence-corrected chi connectivity index (χ4v) is 2.29. The van der Waals surface area contributed by atoms with E-state index in [9.17, 15) is 4.79 Å². The van der Waals surface area contributed by atoms with Gasteiger partial charge in [0.1, 0.15) is 5.82 Å². The van der Waals surface area contributed by atoms with Gasteiger partial charge in [-0.1, -0.05) is 34.1 Å². The number of nitrogens with one attached hydrogen (secondary N) is 1. The van der Waals surface area contributed by atoms with Gasteiger partial charge in [0, 0.05) is 31.4 Å². The molecule has 0 aliphatic carbocycles. The average molecular weight is 291 g/mol. The molecule has 1 aromatic heterocycles. The number of hydrogen-bond acceptors (Lipinski definition) is 3. The van der Waals surface area contributed by atoms with Crippen molar-refractivity contribution in [1.29, 1.82) is 0 Å². The van der Waals surface area contributed by atoms with Gasteiger partial charge in [-0.3, -0.25) is 4.79 Å². The largest absolute Gasteiger partial charge is 0.370 e. The molecule has 1 aromatic rings. The van der Waals surface area contributed by atoms with Crippen molar-refractivity contribution < 1.29 is 4.79 Å². The Morgan fingerprint density at radius 3 is 2.57 bits per heavy atom. The van der Waals surface area contributed by atoms with Gasteiger partial charge in [-0.2, -0.15) is 0 Å². The predicted molar refractivity (Wildman–Crippen MR) is 88.8 cm³/mol. The van der Waals surface area contributed by atoms with Crippen molar-refractivity contribution >= 4 is 11.7 Å². The van der Waals surface area contributed by atoms with Crippen molar-refractivity contribution in [3.05, 3.63) is 23.4 Å². The van der Waals surface area contributed by atoms with Crippen molar-refractivity contribution in [2.45, 2.75) is 47.0 Å². The molecule has 4 heteroatoms. The first-order valence-electron chi connectivity index (χ1n) is 7.98. The highest BCUT2D eigenvalue weighted by Gasteiger charge is 2.15. The third kappa shape index (κ3) is 5.74. The van der Waals surface area contributed by atoms with Gasteiger partial charge in [-0.25, -0.2) is 4.98 Å². The summed E-state index contributed by atoms with van der Waals surface area (Å²) in [5, 5.41) is 3.29. The first kappa shape index (κ1) is 17.5. The van der Waals surface area contributed by atoms with Crippen LogP contribution in [0.25, 0.3) is 0 Å². The van der Waals surface area contributed by atoms with E-state index < -0.39 is 0 Å². The molecule has 0 saturated heterocycles. The van der Waals surface area contributed by atoms with E-state index in [0.717, 1.165) is 49.4 Å². The molecule has 1 amide bonds. The van der Waals surface area contributed by atoms with Crippen molar-refractivity contribution in [3.8, 4) is 0 Å². The first-order valence-corrected chi connectivity index (χ1v) is 7.98. The van der Waals surface area contributed by atoms with Gasteiger partial charge >= 0.3 is 0 Å². The Balaban J connectivity index is 2.97. The highest BCUT2D eigenvalue weighted by molar-refractivity contribution is 5.94. The van der Waals surface area contributed by atoms with E-state index in [4.69, 9.17) is 0 Å². The quantitative estimate of drug-likeness (QED) is 0.796. The highest BCUT2D eigenvalue weighted by atomic mass is 16.2. The molecule has 0 aliphatic rings. The van der Waals surface area contributed by atoms with Crippen LogP contribution in [0, 0.1) is 5.92 Å². The molecular weight excluding hydrogens is 262 g/mol. The number of anilines is 1. The van der Waals surface area contributed by atoms with Crippen LogP contribution >= 0.6 is 0 Å². The minimum absolute atomic E-state index is 0.0722. The normalized spacial score (nSPS) is 10.8. The lowest BCUT2D eigenvalue weighted by Gasteiger charge is -2.20. The second-order valence-electron chi connectivity index (χ2n) is 5.99. The molecule has 1 N–H and O–H groups in total. The molecule has 0 aliphatic heterocycles. The lowest BCUT2D eigenvalue weighted by Crippen LogP contribution is -2.30. The zero-order valence-corrected chi connectivity index (χ0v) is 14.1. The number of rotatable bonds is 8. The molecule has 0 atom stereocenters. The molecule has 0 radical (unpaired) electrons. The summed E-state index contributed by atoms with van der Waals surface area (Å²) in [6.45, 7) is 10.1. The van der Waals surface area contributed by atoms with Gasteiger partial charge in [0.2, 0.25) is 0 Å². The number of amides is 1. The standard InChI is InChI=1S/C17H29N3O/c1-6-8-15-10-14(11-16(19-15)18-9-7-2)17(21)20(5)12-13(3)4/h10-11,13H,6-9,12H2,1-5H3,(H,18,19). The molecule has 1 heterocycles. The summed E-state index contributed by atoms with van der Waals surface area (Å²) in [6.07, 6.45) is 2.96. The van der Waals surface area contributed by atoms with Crippen molar-refractivity contribution in [1.82, 2.24) is 9.88 Å². The molecular formula is C17H29N3O. The van der Waals surface area contributed by atoms with E-state index in [2.05, 4.69) is 38.0 Å². The third-order valence-electron chi connectivity index (χ3n) is 3.17. The van der Waals surface area contributed by atoms with Crippen LogP contribution in [0.1, 0.15) is 56.6 Å². The fraction of sp³-hybridized carbons (Fsp3) is 0.647. The van der Waals surface area contributed by atoms with Gasteiger partial charge in [0.05, 0.1) is 0 Å². The minimum atomic E-state index is 0.0722. The average Bonchev–Trinajstić information content (AvgIpc) is 2.43. The Hall–Kier alpha value is -1.58. The summed E-state index contributed by atoms with van der Waals surface area (Å²) in [5.41, 5.74) is 1.72. The van der Waals surface area contributed by atoms with Gasteiger partial charge in [-0.15, -0.1) is 0 Å². The number of carbonyl (C=O) groups excluding carboxylic acids is 1. The molecule has 0 spiro atoms. The molecule has 1 rings (SSSR count). The number of nitrogens with zero attached hydrogens (tertiary/aromatic N) is 2. The molecule has 0 fully saturated rings. The summed E-state index contributed by atoms with van der Waals surface area (Å²) in [7, 11) is 1.86. The zero-order valence-electron chi connectivity index (χ0n) is 14.1. The summed E-state index contributed by atoms with van der Waals surface area (Å²) in [5.74, 6) is 1.35. The van der Waals surface area contributed by atoms with Crippen LogP contribution in [0.15, 0.2) is 12.1 Å². The van der Waals surface area contributed by atoms with Gasteiger partial charge < -0.3 is 10.2 Å². The molecule has 0 unspecified atom stereocenters. The smallest absolute Gasteiger partial charge is 0.253 e. The van der Waals surface area contributed by atoms with Crippen LogP contribution in [-0.2, 0) is 6.42 Å². The second-order valence-corrected chi connectivity index (χ2v) is 5.99. The van der Waals surface area contributed by atoms with E-state index in [-0.39, 0.29) is 5.91 Å². The third-order valence-corrected chi connectivity index (χ3v) is 3.17. The van der Waals surface area contributed by atoms with E-state index in [1.807, 2.05) is 19.2 Å². The molecule has 0 saturated carbocycles. The summed E-state index contributed by atoms with van der Waals surface area (Å²) in [6, 6.07) is 3.80. The van der Waals surface area contributed by atoms with Gasteiger partial charge in [-0.05, 0) is 30.9 Å². The number of pyridine rings is 1. The van der Waals surface area contributed by atoms with Crippen LogP contribution in [0.4, 0.5) is 5.82 Å². The predicted octanol–water partition coefficient (Wildman–Crippen LogP) is 3.58. The lowest BCUT2D eigenvalue weighted by molar-refractivity contribution is 0.0779. The fourth-order valence-electron chi connectivity index (χ4n) is 2.29. The molecule has 4 nitrogen and oxygen atoms in total. The van der Waals surface area contributed by atoms with Gasteiger partial charge in [0.25, 0.3) is 5.91 Å². The molecule has 0 aromatic carbocycles. The van der Waals surface area contributed by atoms with E-state index >= 15 is 0 Å². The zero-order chi connectivity index (χ0) is 15.8. The van der Waals surface area contributed by atoms with Crippen molar-refractivity contribution in [2.75, 3.05) is 25.5 Å². The first-order chi connectivity index (χ1) is 9.97. The number of carbonyl (C=O) groups is 1. The molecule has 118 valence electrons. The number of aryl methyl sites for hydroxylation is 1. The van der Waals surface area contributed by atoms with Crippen LogP contribution in [0.3, 0.4) is 0 Å². The molecule has 0 bridgehead atoms. The Labute approximate surface area is 129 Å². The second kappa shape index (κ2) is 8.65. The maximum absolute atomic E-state index is 12.5. The summed E-state index contributed by atoms with van der Waals surface area (Å²) >= 11 is 0.